The predicted molar refractivity (Wildman–Crippen MR) is 112 cm³/mol. The van der Waals surface area contributed by atoms with E-state index in [1.165, 1.54) is 0 Å². The van der Waals surface area contributed by atoms with Crippen LogP contribution >= 0.6 is 24.0 Å². The van der Waals surface area contributed by atoms with Crippen molar-refractivity contribution in [2.45, 2.75) is 27.3 Å². The lowest BCUT2D eigenvalue weighted by Gasteiger charge is -2.34. The third kappa shape index (κ3) is 6.80. The smallest absolute Gasteiger partial charge is 0.188 e. The number of hydrogen-bond acceptors (Lipinski definition) is 4. The van der Waals surface area contributed by atoms with Crippen molar-refractivity contribution < 1.29 is 0 Å². The highest BCUT2D eigenvalue weighted by molar-refractivity contribution is 14.0. The third-order valence-electron chi connectivity index (χ3n) is 4.08. The van der Waals surface area contributed by atoms with Gasteiger partial charge in [-0.3, -0.25) is 0 Å². The molecule has 2 rings (SSSR count). The van der Waals surface area contributed by atoms with Gasteiger partial charge in [0.1, 0.15) is 5.82 Å². The summed E-state index contributed by atoms with van der Waals surface area (Å²) in [5, 5.41) is 3.12. The van der Waals surface area contributed by atoms with Crippen LogP contribution in [-0.4, -0.2) is 55.1 Å². The Labute approximate surface area is 162 Å². The van der Waals surface area contributed by atoms with Gasteiger partial charge in [-0.25, -0.2) is 9.98 Å². The normalized spacial score (nSPS) is 16.2. The van der Waals surface area contributed by atoms with Crippen LogP contribution in [0, 0.1) is 5.92 Å². The highest BCUT2D eigenvalue weighted by atomic mass is 127. The number of likely N-dealkylation sites (N-methyl/N-ethyl adjacent to an activating group) is 1. The molecule has 0 saturated carbocycles. The molecule has 0 unspecified atom stereocenters. The molecule has 136 valence electrons. The maximum Gasteiger partial charge on any atom is 0.188 e. The Morgan fingerprint density at radius 2 is 2.00 bits per heavy atom. The summed E-state index contributed by atoms with van der Waals surface area (Å²) >= 11 is 0. The van der Waals surface area contributed by atoms with Crippen LogP contribution in [0.25, 0.3) is 0 Å². The molecule has 0 aromatic carbocycles. The van der Waals surface area contributed by atoms with Crippen LogP contribution in [0.15, 0.2) is 23.3 Å². The number of pyridine rings is 1. The number of halogens is 1. The summed E-state index contributed by atoms with van der Waals surface area (Å²) in [5.41, 5.74) is 6.93. The largest absolute Gasteiger partial charge is 0.370 e. The summed E-state index contributed by atoms with van der Waals surface area (Å²) in [6.45, 7) is 13.4. The lowest BCUT2D eigenvalue weighted by molar-refractivity contribution is 0.270. The van der Waals surface area contributed by atoms with Gasteiger partial charge in [-0.05, 0) is 24.1 Å². The molecule has 1 saturated heterocycles. The van der Waals surface area contributed by atoms with E-state index >= 15 is 0 Å². The summed E-state index contributed by atoms with van der Waals surface area (Å²) in [4.78, 5) is 13.7. The van der Waals surface area contributed by atoms with Crippen molar-refractivity contribution in [1.29, 1.82) is 0 Å². The molecule has 3 N–H and O–H groups in total. The number of guanidine groups is 1. The van der Waals surface area contributed by atoms with E-state index in [4.69, 9.17) is 5.73 Å². The van der Waals surface area contributed by atoms with Crippen LogP contribution in [0.5, 0.6) is 0 Å². The molecule has 2 heterocycles. The van der Waals surface area contributed by atoms with Gasteiger partial charge in [0.15, 0.2) is 5.96 Å². The Morgan fingerprint density at radius 1 is 1.29 bits per heavy atom. The van der Waals surface area contributed by atoms with Crippen LogP contribution in [0.3, 0.4) is 0 Å². The molecule has 1 aliphatic rings. The third-order valence-corrected chi connectivity index (χ3v) is 4.08. The first kappa shape index (κ1) is 21.0. The van der Waals surface area contributed by atoms with Crippen molar-refractivity contribution in [3.8, 4) is 0 Å². The minimum atomic E-state index is 0. The Kier molecular flexibility index (Phi) is 9.35. The number of hydrogen-bond donors (Lipinski definition) is 2. The number of aromatic nitrogens is 1. The Hall–Kier alpha value is -1.09. The molecule has 1 aromatic rings. The fraction of sp³-hybridized carbons (Fsp3) is 0.647. The number of nitrogens with one attached hydrogen (secondary N) is 1. The average Bonchev–Trinajstić information content (AvgIpc) is 2.58. The van der Waals surface area contributed by atoms with Crippen molar-refractivity contribution in [3.63, 3.8) is 0 Å². The molecule has 0 amide bonds. The summed E-state index contributed by atoms with van der Waals surface area (Å²) in [5.74, 6) is 2.11. The van der Waals surface area contributed by atoms with Gasteiger partial charge >= 0.3 is 0 Å². The van der Waals surface area contributed by atoms with Gasteiger partial charge in [0.25, 0.3) is 0 Å². The maximum absolute atomic E-state index is 5.85. The van der Waals surface area contributed by atoms with Crippen molar-refractivity contribution in [2.24, 2.45) is 16.6 Å². The maximum atomic E-state index is 5.85. The average molecular weight is 446 g/mol. The van der Waals surface area contributed by atoms with E-state index in [1.54, 1.807) is 0 Å². The summed E-state index contributed by atoms with van der Waals surface area (Å²) < 4.78 is 0. The summed E-state index contributed by atoms with van der Waals surface area (Å²) in [6, 6.07) is 4.18. The van der Waals surface area contributed by atoms with Crippen LogP contribution in [0.2, 0.25) is 0 Å². The Morgan fingerprint density at radius 3 is 2.54 bits per heavy atom. The molecule has 0 aliphatic carbocycles. The molecule has 6 nitrogen and oxygen atoms in total. The molecule has 24 heavy (non-hydrogen) atoms. The molecule has 0 spiro atoms. The number of aliphatic imine (C=N–C) groups is 1. The SMILES string of the molecule is CCN1CCN(c2ccc(CN=C(N)NCC(C)C)cn2)CC1.I. The Bertz CT molecular complexity index is 494. The molecular formula is C17H31IN6. The fourth-order valence-electron chi connectivity index (χ4n) is 2.53. The van der Waals surface area contributed by atoms with Gasteiger partial charge in [-0.15, -0.1) is 24.0 Å². The van der Waals surface area contributed by atoms with E-state index in [2.05, 4.69) is 58.0 Å². The van der Waals surface area contributed by atoms with Gasteiger partial charge in [-0.2, -0.15) is 0 Å². The predicted octanol–water partition coefficient (Wildman–Crippen LogP) is 1.90. The second-order valence-electron chi connectivity index (χ2n) is 6.42. The van der Waals surface area contributed by atoms with Crippen LogP contribution in [-0.2, 0) is 6.54 Å². The van der Waals surface area contributed by atoms with Crippen molar-refractivity contribution >= 4 is 35.8 Å². The standard InChI is InChI=1S/C17H30N6.HI/c1-4-22-7-9-23(10-8-22)16-6-5-15(12-19-16)13-21-17(18)20-11-14(2)3;/h5-6,12,14H,4,7-11,13H2,1-3H3,(H3,18,20,21);1H. The minimum Gasteiger partial charge on any atom is -0.370 e. The van der Waals surface area contributed by atoms with Gasteiger partial charge in [0, 0.05) is 38.9 Å². The first-order chi connectivity index (χ1) is 11.1. The van der Waals surface area contributed by atoms with E-state index in [1.807, 2.05) is 6.20 Å². The first-order valence-electron chi connectivity index (χ1n) is 8.54. The lowest BCUT2D eigenvalue weighted by atomic mass is 10.2. The summed E-state index contributed by atoms with van der Waals surface area (Å²) in [6.07, 6.45) is 1.90. The fourth-order valence-corrected chi connectivity index (χ4v) is 2.53. The number of rotatable bonds is 6. The second-order valence-corrected chi connectivity index (χ2v) is 6.42. The number of nitrogens with zero attached hydrogens (tertiary/aromatic N) is 4. The molecular weight excluding hydrogens is 415 g/mol. The lowest BCUT2D eigenvalue weighted by Crippen LogP contribution is -2.46. The van der Waals surface area contributed by atoms with Crippen molar-refractivity contribution in [3.05, 3.63) is 23.9 Å². The zero-order valence-corrected chi connectivity index (χ0v) is 17.4. The second kappa shape index (κ2) is 10.7. The quantitative estimate of drug-likeness (QED) is 0.397. The van der Waals surface area contributed by atoms with Crippen LogP contribution < -0.4 is 16.0 Å². The van der Waals surface area contributed by atoms with E-state index in [9.17, 15) is 0 Å². The minimum absolute atomic E-state index is 0. The van der Waals surface area contributed by atoms with E-state index < -0.39 is 0 Å². The molecule has 7 heteroatoms. The summed E-state index contributed by atoms with van der Waals surface area (Å²) in [7, 11) is 0. The van der Waals surface area contributed by atoms with E-state index in [0.717, 1.165) is 50.6 Å². The van der Waals surface area contributed by atoms with E-state index in [0.29, 0.717) is 18.4 Å². The van der Waals surface area contributed by atoms with Gasteiger partial charge in [0.05, 0.1) is 6.54 Å². The molecule has 0 bridgehead atoms. The van der Waals surface area contributed by atoms with Crippen molar-refractivity contribution in [2.75, 3.05) is 44.2 Å². The highest BCUT2D eigenvalue weighted by Gasteiger charge is 2.16. The first-order valence-corrected chi connectivity index (χ1v) is 8.54. The zero-order chi connectivity index (χ0) is 16.7. The molecule has 1 aliphatic heterocycles. The van der Waals surface area contributed by atoms with Gasteiger partial charge in [-0.1, -0.05) is 26.8 Å². The number of nitrogens with two attached hydrogens (primary N) is 1. The van der Waals surface area contributed by atoms with E-state index in [-0.39, 0.29) is 24.0 Å². The molecule has 0 atom stereocenters. The molecule has 1 fully saturated rings. The number of anilines is 1. The highest BCUT2D eigenvalue weighted by Crippen LogP contribution is 2.14. The monoisotopic (exact) mass is 446 g/mol. The Balaban J connectivity index is 0.00000288. The van der Waals surface area contributed by atoms with Crippen molar-refractivity contribution in [1.82, 2.24) is 15.2 Å². The molecule has 1 aromatic heterocycles. The zero-order valence-electron chi connectivity index (χ0n) is 15.0. The van der Waals surface area contributed by atoms with Gasteiger partial charge in [0.2, 0.25) is 0 Å². The van der Waals surface area contributed by atoms with Crippen LogP contribution in [0.1, 0.15) is 26.3 Å². The van der Waals surface area contributed by atoms with Crippen LogP contribution in [0.4, 0.5) is 5.82 Å². The number of piperazine rings is 1. The topological polar surface area (TPSA) is 69.8 Å². The van der Waals surface area contributed by atoms with Gasteiger partial charge < -0.3 is 20.9 Å². The molecule has 0 radical (unpaired) electrons.